The van der Waals surface area contributed by atoms with Gasteiger partial charge in [-0.15, -0.1) is 0 Å². The van der Waals surface area contributed by atoms with Crippen LogP contribution in [-0.4, -0.2) is 80.9 Å². The van der Waals surface area contributed by atoms with Gasteiger partial charge >= 0.3 is 0 Å². The predicted molar refractivity (Wildman–Crippen MR) is 165 cm³/mol. The van der Waals surface area contributed by atoms with Gasteiger partial charge < -0.3 is 34.1 Å². The molecule has 42 heavy (non-hydrogen) atoms. The van der Waals surface area contributed by atoms with Crippen LogP contribution < -0.4 is 29.2 Å². The van der Waals surface area contributed by atoms with Gasteiger partial charge in [-0.1, -0.05) is 12.1 Å². The van der Waals surface area contributed by atoms with Gasteiger partial charge in [0.25, 0.3) is 5.91 Å². The lowest BCUT2D eigenvalue weighted by Gasteiger charge is -2.34. The molecular formula is C31H37N3O7S. The van der Waals surface area contributed by atoms with E-state index in [-0.39, 0.29) is 17.4 Å². The van der Waals surface area contributed by atoms with Crippen molar-refractivity contribution in [2.24, 2.45) is 0 Å². The van der Waals surface area contributed by atoms with Crippen LogP contribution in [-0.2, 0) is 15.6 Å². The monoisotopic (exact) mass is 595 g/mol. The van der Waals surface area contributed by atoms with Gasteiger partial charge in [-0.25, -0.2) is 8.42 Å². The molecule has 11 heteroatoms. The third-order valence-corrected chi connectivity index (χ3v) is 8.36. The van der Waals surface area contributed by atoms with Gasteiger partial charge in [0, 0.05) is 60.5 Å². The first-order valence-corrected chi connectivity index (χ1v) is 15.1. The molecule has 1 fully saturated rings. The number of methoxy groups -OCH3 is 4. The quantitative estimate of drug-likeness (QED) is 0.347. The zero-order chi connectivity index (χ0) is 30.3. The van der Waals surface area contributed by atoms with E-state index >= 15 is 0 Å². The molecule has 0 unspecified atom stereocenters. The van der Waals surface area contributed by atoms with E-state index < -0.39 is 9.84 Å². The van der Waals surface area contributed by atoms with Crippen LogP contribution in [0.25, 0.3) is 6.08 Å². The molecule has 0 aromatic heterocycles. The Kier molecular flexibility index (Phi) is 9.97. The van der Waals surface area contributed by atoms with Crippen molar-refractivity contribution in [3.63, 3.8) is 0 Å². The predicted octanol–water partition coefficient (Wildman–Crippen LogP) is 4.31. The molecule has 0 radical (unpaired) electrons. The number of amides is 1. The number of ether oxygens (including phenoxy) is 4. The highest BCUT2D eigenvalue weighted by atomic mass is 32.2. The van der Waals surface area contributed by atoms with Gasteiger partial charge in [-0.2, -0.15) is 0 Å². The van der Waals surface area contributed by atoms with Crippen LogP contribution in [0.1, 0.15) is 21.5 Å². The number of nitrogens with one attached hydrogen (secondary N) is 1. The highest BCUT2D eigenvalue weighted by Crippen LogP contribution is 2.36. The van der Waals surface area contributed by atoms with E-state index in [0.717, 1.165) is 37.3 Å². The number of likely N-dealkylation sites (N-methyl/N-ethyl adjacent to an activating group) is 1. The maximum atomic E-state index is 13.2. The third-order valence-electron chi connectivity index (χ3n) is 7.10. The van der Waals surface area contributed by atoms with Crippen molar-refractivity contribution >= 4 is 33.2 Å². The topological polar surface area (TPSA) is 107 Å². The molecular weight excluding hydrogens is 558 g/mol. The molecule has 224 valence electrons. The second-order valence-corrected chi connectivity index (χ2v) is 11.7. The second kappa shape index (κ2) is 13.6. The Labute approximate surface area is 247 Å². The Morgan fingerprint density at radius 3 is 2.10 bits per heavy atom. The lowest BCUT2D eigenvalue weighted by Crippen LogP contribution is -2.44. The molecule has 1 saturated heterocycles. The van der Waals surface area contributed by atoms with Crippen molar-refractivity contribution in [2.75, 3.05) is 71.9 Å². The Morgan fingerprint density at radius 1 is 0.881 bits per heavy atom. The molecule has 0 aliphatic carbocycles. The highest BCUT2D eigenvalue weighted by molar-refractivity contribution is 7.93. The van der Waals surface area contributed by atoms with Gasteiger partial charge in [0.15, 0.2) is 9.84 Å². The number of carbonyl (C=O) groups excluding carboxylic acids is 1. The van der Waals surface area contributed by atoms with E-state index in [2.05, 4.69) is 22.2 Å². The number of piperazine rings is 1. The van der Waals surface area contributed by atoms with Gasteiger partial charge in [0.2, 0.25) is 0 Å². The summed E-state index contributed by atoms with van der Waals surface area (Å²) in [6.07, 6.45) is 1.43. The smallest absolute Gasteiger partial charge is 0.255 e. The van der Waals surface area contributed by atoms with Crippen LogP contribution in [0.5, 0.6) is 23.0 Å². The zero-order valence-corrected chi connectivity index (χ0v) is 25.4. The number of hydrogen-bond acceptors (Lipinski definition) is 9. The number of nitrogens with zero attached hydrogens (tertiary/aromatic N) is 2. The van der Waals surface area contributed by atoms with Crippen LogP contribution in [0.2, 0.25) is 0 Å². The fraction of sp³-hybridized carbons (Fsp3) is 0.323. The van der Waals surface area contributed by atoms with Crippen molar-refractivity contribution in [3.05, 3.63) is 76.7 Å². The molecule has 0 atom stereocenters. The van der Waals surface area contributed by atoms with Crippen LogP contribution in [0, 0.1) is 0 Å². The van der Waals surface area contributed by atoms with Gasteiger partial charge in [-0.05, 0) is 43.5 Å². The molecule has 4 rings (SSSR count). The number of anilines is 2. The summed E-state index contributed by atoms with van der Waals surface area (Å²) in [7, 11) is 4.25. The van der Waals surface area contributed by atoms with Crippen molar-refractivity contribution in [2.45, 2.75) is 5.75 Å². The molecule has 1 N–H and O–H groups in total. The third kappa shape index (κ3) is 7.34. The summed E-state index contributed by atoms with van der Waals surface area (Å²) in [5, 5.41) is 3.97. The molecule has 3 aromatic rings. The van der Waals surface area contributed by atoms with Crippen molar-refractivity contribution < 1.29 is 32.2 Å². The van der Waals surface area contributed by atoms with Crippen LogP contribution in [0.3, 0.4) is 0 Å². The summed E-state index contributed by atoms with van der Waals surface area (Å²) < 4.78 is 47.9. The Morgan fingerprint density at radius 2 is 1.52 bits per heavy atom. The molecule has 0 spiro atoms. The summed E-state index contributed by atoms with van der Waals surface area (Å²) in [6, 6.07) is 15.8. The fourth-order valence-corrected chi connectivity index (χ4v) is 5.85. The molecule has 0 saturated carbocycles. The second-order valence-electron chi connectivity index (χ2n) is 9.84. The fourth-order valence-electron chi connectivity index (χ4n) is 4.75. The number of para-hydroxylation sites is 1. The van der Waals surface area contributed by atoms with Crippen molar-refractivity contribution in [3.8, 4) is 23.0 Å². The molecule has 1 amide bonds. The Hall–Kier alpha value is -4.22. The minimum absolute atomic E-state index is 0.275. The summed E-state index contributed by atoms with van der Waals surface area (Å²) in [5.41, 5.74) is 2.79. The summed E-state index contributed by atoms with van der Waals surface area (Å²) >= 11 is 0. The molecule has 1 aliphatic heterocycles. The van der Waals surface area contributed by atoms with E-state index in [4.69, 9.17) is 18.9 Å². The van der Waals surface area contributed by atoms with E-state index in [1.165, 1.54) is 34.5 Å². The first kappa shape index (κ1) is 30.7. The van der Waals surface area contributed by atoms with Crippen molar-refractivity contribution in [1.82, 2.24) is 4.90 Å². The van der Waals surface area contributed by atoms with Gasteiger partial charge in [0.05, 0.1) is 45.4 Å². The highest BCUT2D eigenvalue weighted by Gasteiger charge is 2.19. The van der Waals surface area contributed by atoms with Crippen LogP contribution >= 0.6 is 0 Å². The van der Waals surface area contributed by atoms with Gasteiger partial charge in [0.1, 0.15) is 23.0 Å². The van der Waals surface area contributed by atoms with Crippen LogP contribution in [0.15, 0.2) is 60.0 Å². The number of sulfone groups is 1. The maximum Gasteiger partial charge on any atom is 0.255 e. The molecule has 3 aromatic carbocycles. The van der Waals surface area contributed by atoms with E-state index in [1.807, 2.05) is 12.1 Å². The zero-order valence-electron chi connectivity index (χ0n) is 24.5. The molecule has 0 bridgehead atoms. The SMILES string of the molecule is COc1cc(OC)c(/C=C/S(=O)(=O)Cc2cccc(NC(=O)c3ccc(N4CCN(C)CC4)cc3)c2OC)c(OC)c1. The maximum absolute atomic E-state index is 13.2. The van der Waals surface area contributed by atoms with Crippen molar-refractivity contribution in [1.29, 1.82) is 0 Å². The van der Waals surface area contributed by atoms with Gasteiger partial charge in [-0.3, -0.25) is 4.79 Å². The number of hydrogen-bond donors (Lipinski definition) is 1. The largest absolute Gasteiger partial charge is 0.496 e. The summed E-state index contributed by atoms with van der Waals surface area (Å²) in [4.78, 5) is 17.7. The average Bonchev–Trinajstić information content (AvgIpc) is 3.00. The van der Waals surface area contributed by atoms with E-state index in [0.29, 0.717) is 39.6 Å². The molecule has 10 nitrogen and oxygen atoms in total. The normalized spacial score (nSPS) is 14.1. The number of rotatable bonds is 11. The standard InChI is InChI=1S/C31H37N3O7S/c1-33-14-16-34(17-15-33)24-11-9-22(10-12-24)31(35)32-27-8-6-7-23(30(27)41-5)21-42(36,37)18-13-26-28(39-3)19-25(38-2)20-29(26)40-4/h6-13,18-20H,14-17,21H2,1-5H3,(H,32,35)/b18-13+. The Bertz CT molecular complexity index is 1510. The lowest BCUT2D eigenvalue weighted by molar-refractivity contribution is 0.102. The summed E-state index contributed by atoms with van der Waals surface area (Å²) in [5.74, 6) is 0.913. The molecule has 1 heterocycles. The number of benzene rings is 3. The number of carbonyl (C=O) groups is 1. The molecule has 1 aliphatic rings. The minimum Gasteiger partial charge on any atom is -0.496 e. The lowest BCUT2D eigenvalue weighted by atomic mass is 10.1. The Balaban J connectivity index is 1.50. The average molecular weight is 596 g/mol. The van der Waals surface area contributed by atoms with E-state index in [9.17, 15) is 13.2 Å². The van der Waals surface area contributed by atoms with E-state index in [1.54, 1.807) is 42.5 Å². The summed E-state index contributed by atoms with van der Waals surface area (Å²) in [6.45, 7) is 3.86. The van der Waals surface area contributed by atoms with Crippen LogP contribution in [0.4, 0.5) is 11.4 Å². The minimum atomic E-state index is -3.77. The first-order valence-electron chi connectivity index (χ1n) is 13.4. The first-order chi connectivity index (χ1) is 20.2.